The third kappa shape index (κ3) is 7.62. The van der Waals surface area contributed by atoms with Crippen molar-refractivity contribution >= 4 is 40.7 Å². The predicted molar refractivity (Wildman–Crippen MR) is 200 cm³/mol. The molecule has 0 bridgehead atoms. The van der Waals surface area contributed by atoms with E-state index in [1.807, 2.05) is 60.7 Å². The van der Waals surface area contributed by atoms with Crippen LogP contribution in [0.15, 0.2) is 77.9 Å². The maximum absolute atomic E-state index is 13.4. The number of nitrogens with one attached hydrogen (secondary N) is 3. The second-order valence-corrected chi connectivity index (χ2v) is 13.3. The average molecular weight is 729 g/mol. The number of ether oxygens (including phenoxy) is 1. The van der Waals surface area contributed by atoms with Crippen LogP contribution in [-0.2, 0) is 22.7 Å². The molecule has 3 aromatic heterocycles. The van der Waals surface area contributed by atoms with E-state index in [1.54, 1.807) is 45.4 Å². The Kier molecular flexibility index (Phi) is 11.0. The van der Waals surface area contributed by atoms with Gasteiger partial charge in [-0.05, 0) is 44.2 Å². The molecule has 2 atom stereocenters. The number of rotatable bonds is 12. The quantitative estimate of drug-likeness (QED) is 0.157. The highest BCUT2D eigenvalue weighted by atomic mass is 35.5. The maximum Gasteiger partial charge on any atom is 0.262 e. The van der Waals surface area contributed by atoms with Crippen LogP contribution in [-0.4, -0.2) is 70.9 Å². The first-order valence-electron chi connectivity index (χ1n) is 16.6. The van der Waals surface area contributed by atoms with E-state index in [0.717, 1.165) is 39.8 Å². The Bertz CT molecular complexity index is 2170. The number of carbonyl (C=O) groups is 2. The first-order valence-corrected chi connectivity index (χ1v) is 17.4. The molecule has 0 spiro atoms. The summed E-state index contributed by atoms with van der Waals surface area (Å²) in [6.45, 7) is 3.25. The van der Waals surface area contributed by atoms with Gasteiger partial charge in [0, 0.05) is 79.4 Å². The molecule has 2 aromatic carbocycles. The lowest BCUT2D eigenvalue weighted by atomic mass is 9.97. The molecule has 11 nitrogen and oxygen atoms in total. The molecular weight excluding hydrogens is 689 g/mol. The van der Waals surface area contributed by atoms with Crippen LogP contribution in [0.5, 0.6) is 5.88 Å². The van der Waals surface area contributed by atoms with Crippen LogP contribution in [0.2, 0.25) is 10.0 Å². The molecule has 0 aliphatic carbocycles. The third-order valence-corrected chi connectivity index (χ3v) is 10.1. The number of nitrogens with zero attached hydrogens (tertiary/aromatic N) is 4. The number of amides is 2. The molecule has 51 heavy (non-hydrogen) atoms. The average Bonchev–Trinajstić information content (AvgIpc) is 3.56. The molecular formula is C38H39Cl2N7O4. The zero-order valence-corrected chi connectivity index (χ0v) is 30.3. The SMILES string of the molecule is CNC(=O)[C@H](C)N(C)Cc1cnc2cc(-c3cccc(-c4cccc(-c5ccc(CNC[C@@H]6CCC(=O)N6)c(OC)n5)c4Cl)c3Cl)ccn2c1=O. The topological polar surface area (TPSA) is 130 Å². The Labute approximate surface area is 306 Å². The van der Waals surface area contributed by atoms with Crippen LogP contribution in [0.25, 0.3) is 39.2 Å². The number of methoxy groups -OCH3 is 1. The highest BCUT2D eigenvalue weighted by molar-refractivity contribution is 6.39. The fourth-order valence-corrected chi connectivity index (χ4v) is 6.91. The number of pyridine rings is 2. The van der Waals surface area contributed by atoms with Gasteiger partial charge in [0.05, 0.1) is 34.5 Å². The van der Waals surface area contributed by atoms with Gasteiger partial charge < -0.3 is 20.7 Å². The molecule has 2 amide bonds. The number of fused-ring (bicyclic) bond motifs is 1. The lowest BCUT2D eigenvalue weighted by molar-refractivity contribution is -0.125. The molecule has 1 fully saturated rings. The Morgan fingerprint density at radius 3 is 2.43 bits per heavy atom. The van der Waals surface area contributed by atoms with E-state index < -0.39 is 6.04 Å². The van der Waals surface area contributed by atoms with Crippen molar-refractivity contribution in [2.45, 2.75) is 44.9 Å². The van der Waals surface area contributed by atoms with Gasteiger partial charge in [0.1, 0.15) is 5.65 Å². The van der Waals surface area contributed by atoms with Gasteiger partial charge in [0.25, 0.3) is 5.56 Å². The number of hydrogen-bond acceptors (Lipinski definition) is 8. The fraction of sp³-hybridized carbons (Fsp3) is 0.289. The summed E-state index contributed by atoms with van der Waals surface area (Å²) in [5, 5.41) is 9.97. The highest BCUT2D eigenvalue weighted by Gasteiger charge is 2.22. The van der Waals surface area contributed by atoms with E-state index in [-0.39, 0.29) is 30.0 Å². The van der Waals surface area contributed by atoms with E-state index >= 15 is 0 Å². The van der Waals surface area contributed by atoms with Gasteiger partial charge in [-0.1, -0.05) is 65.7 Å². The van der Waals surface area contributed by atoms with Crippen molar-refractivity contribution in [2.75, 3.05) is 27.7 Å². The van der Waals surface area contributed by atoms with Crippen molar-refractivity contribution < 1.29 is 14.3 Å². The summed E-state index contributed by atoms with van der Waals surface area (Å²) in [6.07, 6.45) is 4.63. The lowest BCUT2D eigenvalue weighted by Gasteiger charge is -2.22. The van der Waals surface area contributed by atoms with Crippen molar-refractivity contribution in [2.24, 2.45) is 0 Å². The van der Waals surface area contributed by atoms with Crippen molar-refractivity contribution in [1.82, 2.24) is 35.2 Å². The standard InChI is InChI=1S/C38H39Cl2N7O4/c1-22(36(49)41-2)46(3)21-25-19-43-32-17-23(15-16-47(32)38(25)50)27-7-5-8-28(34(27)39)29-9-6-10-30(35(29)40)31-13-11-24(37(45-31)51-4)18-42-20-26-12-14-33(48)44-26/h5-11,13,15-17,19,22,26,42H,12,14,18,20-21H2,1-4H3,(H,41,49)(H,44,48)/t22-,26-/m0/s1. The van der Waals surface area contributed by atoms with Crippen LogP contribution in [0.4, 0.5) is 0 Å². The van der Waals surface area contributed by atoms with Gasteiger partial charge in [-0.25, -0.2) is 9.97 Å². The summed E-state index contributed by atoms with van der Waals surface area (Å²) in [4.78, 5) is 48.1. The minimum absolute atomic E-state index is 0.0897. The fourth-order valence-electron chi connectivity index (χ4n) is 6.25. The summed E-state index contributed by atoms with van der Waals surface area (Å²) in [6, 6.07) is 18.7. The smallest absolute Gasteiger partial charge is 0.262 e. The predicted octanol–water partition coefficient (Wildman–Crippen LogP) is 5.34. The monoisotopic (exact) mass is 727 g/mol. The van der Waals surface area contributed by atoms with Gasteiger partial charge in [-0.3, -0.25) is 23.7 Å². The molecule has 3 N–H and O–H groups in total. The van der Waals surface area contributed by atoms with E-state index in [9.17, 15) is 14.4 Å². The van der Waals surface area contributed by atoms with Gasteiger partial charge >= 0.3 is 0 Å². The van der Waals surface area contributed by atoms with Gasteiger partial charge in [0.15, 0.2) is 0 Å². The lowest BCUT2D eigenvalue weighted by Crippen LogP contribution is -2.42. The Morgan fingerprint density at radius 1 is 1.04 bits per heavy atom. The summed E-state index contributed by atoms with van der Waals surface area (Å²) in [5.74, 6) is 0.442. The summed E-state index contributed by atoms with van der Waals surface area (Å²) >= 11 is 14.2. The molecule has 1 aliphatic rings. The summed E-state index contributed by atoms with van der Waals surface area (Å²) in [7, 11) is 4.96. The van der Waals surface area contributed by atoms with Crippen molar-refractivity contribution in [3.05, 3.63) is 105 Å². The van der Waals surface area contributed by atoms with Crippen molar-refractivity contribution in [3.8, 4) is 39.4 Å². The normalized spacial score (nSPS) is 14.9. The van der Waals surface area contributed by atoms with Crippen LogP contribution in [0, 0.1) is 0 Å². The number of aromatic nitrogens is 3. The molecule has 264 valence electrons. The number of halogens is 2. The Balaban J connectivity index is 1.25. The second-order valence-electron chi connectivity index (χ2n) is 12.6. The van der Waals surface area contributed by atoms with Gasteiger partial charge in [-0.15, -0.1) is 0 Å². The van der Waals surface area contributed by atoms with E-state index in [1.165, 1.54) is 4.40 Å². The van der Waals surface area contributed by atoms with Crippen molar-refractivity contribution in [1.29, 1.82) is 0 Å². The number of benzene rings is 2. The number of hydrogen-bond donors (Lipinski definition) is 3. The van der Waals surface area contributed by atoms with E-state index in [0.29, 0.717) is 52.3 Å². The number of carbonyl (C=O) groups excluding carboxylic acids is 2. The Hall–Kier alpha value is -4.81. The second kappa shape index (κ2) is 15.6. The van der Waals surface area contributed by atoms with E-state index in [2.05, 4.69) is 20.9 Å². The van der Waals surface area contributed by atoms with Gasteiger partial charge in [0.2, 0.25) is 17.7 Å². The molecule has 1 saturated heterocycles. The minimum Gasteiger partial charge on any atom is -0.481 e. The van der Waals surface area contributed by atoms with Crippen LogP contribution >= 0.6 is 23.2 Å². The van der Waals surface area contributed by atoms with Crippen LogP contribution in [0.1, 0.15) is 30.9 Å². The third-order valence-electron chi connectivity index (χ3n) is 9.29. The first-order chi connectivity index (χ1) is 24.6. The molecule has 5 aromatic rings. The largest absolute Gasteiger partial charge is 0.481 e. The minimum atomic E-state index is -0.409. The molecule has 0 saturated carbocycles. The zero-order chi connectivity index (χ0) is 36.2. The van der Waals surface area contributed by atoms with Gasteiger partial charge in [-0.2, -0.15) is 0 Å². The molecule has 13 heteroatoms. The molecule has 4 heterocycles. The zero-order valence-electron chi connectivity index (χ0n) is 28.8. The molecule has 1 aliphatic heterocycles. The molecule has 0 unspecified atom stereocenters. The van der Waals surface area contributed by atoms with Crippen molar-refractivity contribution in [3.63, 3.8) is 0 Å². The summed E-state index contributed by atoms with van der Waals surface area (Å²) < 4.78 is 7.13. The summed E-state index contributed by atoms with van der Waals surface area (Å²) in [5.41, 5.74) is 6.01. The molecule has 6 rings (SSSR count). The molecule has 0 radical (unpaired) electrons. The highest BCUT2D eigenvalue weighted by Crippen LogP contribution is 2.42. The van der Waals surface area contributed by atoms with E-state index in [4.69, 9.17) is 32.9 Å². The van der Waals surface area contributed by atoms with Crippen LogP contribution in [0.3, 0.4) is 0 Å². The van der Waals surface area contributed by atoms with Crippen LogP contribution < -0.4 is 26.2 Å². The number of likely N-dealkylation sites (N-methyl/N-ethyl adjacent to an activating group) is 2. The maximum atomic E-state index is 13.4. The first kappa shape index (κ1) is 36.0. The Morgan fingerprint density at radius 2 is 1.75 bits per heavy atom.